The third kappa shape index (κ3) is 12.5. The Bertz CT molecular complexity index is 2050. The summed E-state index contributed by atoms with van der Waals surface area (Å²) in [5, 5.41) is 11.5. The van der Waals surface area contributed by atoms with E-state index in [1.807, 2.05) is 13.8 Å². The zero-order valence-corrected chi connectivity index (χ0v) is 40.0. The fourth-order valence-electron chi connectivity index (χ4n) is 9.17. The van der Waals surface area contributed by atoms with Crippen LogP contribution in [0.25, 0.3) is 0 Å². The summed E-state index contributed by atoms with van der Waals surface area (Å²) in [6.45, 7) is 7.48. The zero-order chi connectivity index (χ0) is 50.0. The molecule has 4 aliphatic rings. The Kier molecular flexibility index (Phi) is 16.9. The van der Waals surface area contributed by atoms with E-state index < -0.39 is 133 Å². The first-order valence-electron chi connectivity index (χ1n) is 22.7. The lowest BCUT2D eigenvalue weighted by Gasteiger charge is -2.48. The third-order valence-corrected chi connectivity index (χ3v) is 13.6. The van der Waals surface area contributed by atoms with Crippen molar-refractivity contribution in [1.29, 1.82) is 0 Å². The quantitative estimate of drug-likeness (QED) is 0.200. The molecule has 0 spiro atoms. The first kappa shape index (κ1) is 53.6. The Balaban J connectivity index is 1.46. The normalized spacial score (nSPS) is 26.5. The van der Waals surface area contributed by atoms with E-state index in [1.54, 1.807) is 19.1 Å². The van der Waals surface area contributed by atoms with Crippen LogP contribution in [0.1, 0.15) is 104 Å². The summed E-state index contributed by atoms with van der Waals surface area (Å²) < 4.78 is 85.5. The minimum atomic E-state index is -5.42. The molecule has 1 aromatic carbocycles. The molecule has 2 aliphatic heterocycles. The van der Waals surface area contributed by atoms with Gasteiger partial charge in [0.25, 0.3) is 5.92 Å². The molecule has 14 nitrogen and oxygen atoms in total. The molecule has 0 bridgehead atoms. The summed E-state index contributed by atoms with van der Waals surface area (Å²) in [6, 6.07) is -2.41. The van der Waals surface area contributed by atoms with Crippen molar-refractivity contribution in [2.75, 3.05) is 26.7 Å². The SMILES string of the molecule is CCCN(C(=O)[C@@H](NC(=O)[C@@H]1C[C@@H](F)CN1C(=O)C1(C(F)(F)F)CC(F)(F)C1)C1CC1)[C@H]1CCCCNC(=O)C(C)(C)NC(=O)[C@H](Cc2cc(Cl)ccc2Cl)N(C)C(=O)[C@H](CC(C)C)NC1=O. The second-order valence-corrected chi connectivity index (χ2v) is 20.3. The molecule has 67 heavy (non-hydrogen) atoms. The van der Waals surface area contributed by atoms with Gasteiger partial charge >= 0.3 is 6.18 Å². The molecule has 6 atom stereocenters. The summed E-state index contributed by atoms with van der Waals surface area (Å²) in [5.41, 5.74) is -4.55. The van der Waals surface area contributed by atoms with E-state index in [9.17, 15) is 59.9 Å². The summed E-state index contributed by atoms with van der Waals surface area (Å²) in [5.74, 6) is -10.9. The van der Waals surface area contributed by atoms with Crippen LogP contribution in [-0.4, -0.2) is 137 Å². The van der Waals surface area contributed by atoms with Gasteiger partial charge in [-0.3, -0.25) is 33.6 Å². The number of hydrogen-bond donors (Lipinski definition) is 4. The highest BCUT2D eigenvalue weighted by Crippen LogP contribution is 2.61. The maximum Gasteiger partial charge on any atom is 0.403 e. The fraction of sp³-hybridized carbons (Fsp3) is 0.711. The van der Waals surface area contributed by atoms with Crippen molar-refractivity contribution >= 4 is 64.6 Å². The van der Waals surface area contributed by atoms with E-state index in [2.05, 4.69) is 21.3 Å². The van der Waals surface area contributed by atoms with Crippen molar-refractivity contribution in [2.45, 2.75) is 159 Å². The molecule has 2 saturated carbocycles. The molecule has 0 aromatic heterocycles. The highest BCUT2D eigenvalue weighted by molar-refractivity contribution is 6.33. The lowest BCUT2D eigenvalue weighted by molar-refractivity contribution is -0.299. The van der Waals surface area contributed by atoms with Gasteiger partial charge < -0.3 is 36.0 Å². The van der Waals surface area contributed by atoms with Gasteiger partial charge in [0, 0.05) is 55.9 Å². The van der Waals surface area contributed by atoms with Gasteiger partial charge in [-0.15, -0.1) is 0 Å². The van der Waals surface area contributed by atoms with Crippen molar-refractivity contribution in [3.63, 3.8) is 0 Å². The Hall–Kier alpha value is -4.33. The number of amides is 7. The Morgan fingerprint density at radius 3 is 2.24 bits per heavy atom. The molecule has 0 radical (unpaired) electrons. The third-order valence-electron chi connectivity index (χ3n) is 13.0. The summed E-state index contributed by atoms with van der Waals surface area (Å²) >= 11 is 12.8. The molecule has 2 aliphatic carbocycles. The highest BCUT2D eigenvalue weighted by Gasteiger charge is 2.75. The number of alkyl halides is 6. The topological polar surface area (TPSA) is 177 Å². The van der Waals surface area contributed by atoms with Crippen LogP contribution in [0.3, 0.4) is 0 Å². The first-order chi connectivity index (χ1) is 31.1. The standard InChI is InChI=1S/C45H61Cl2F6N7O7/c1-7-16-59(39(65)34(25-11-12-25)56-36(62)33-20-28(48)21-60(33)41(67)43(45(51,52)53)22-44(49,50)23-43)31-10-8-9-15-54-40(66)42(4,5)57-37(63)32(19-26-18-27(46)13-14-29(26)47)58(6)38(64)30(17-24(2)3)55-35(31)61/h13-14,18,24-25,28,30-34H,7-12,15-17,19-23H2,1-6H3,(H,54,66)(H,55,61)(H,56,62)(H,57,63)/t28-,30+,31+,32+,33+,34+/m1/s1. The Labute approximate surface area is 396 Å². The Morgan fingerprint density at radius 1 is 1.00 bits per heavy atom. The van der Waals surface area contributed by atoms with Crippen LogP contribution in [0.2, 0.25) is 10.0 Å². The van der Waals surface area contributed by atoms with E-state index >= 15 is 0 Å². The second-order valence-electron chi connectivity index (χ2n) is 19.4. The van der Waals surface area contributed by atoms with E-state index in [4.69, 9.17) is 23.2 Å². The van der Waals surface area contributed by atoms with Gasteiger partial charge in [0.2, 0.25) is 41.4 Å². The minimum absolute atomic E-state index is 0.00577. The van der Waals surface area contributed by atoms with Crippen molar-refractivity contribution in [2.24, 2.45) is 17.3 Å². The molecule has 2 saturated heterocycles. The fourth-order valence-corrected chi connectivity index (χ4v) is 9.56. The number of likely N-dealkylation sites (N-methyl/N-ethyl adjacent to an activating group) is 1. The monoisotopic (exact) mass is 995 g/mol. The van der Waals surface area contributed by atoms with Gasteiger partial charge in [-0.2, -0.15) is 13.2 Å². The summed E-state index contributed by atoms with van der Waals surface area (Å²) in [4.78, 5) is 102. The molecule has 4 fully saturated rings. The molecule has 374 valence electrons. The van der Waals surface area contributed by atoms with Gasteiger partial charge in [0.05, 0.1) is 6.54 Å². The van der Waals surface area contributed by atoms with E-state index in [0.717, 1.165) is 4.90 Å². The zero-order valence-electron chi connectivity index (χ0n) is 38.5. The van der Waals surface area contributed by atoms with Crippen LogP contribution in [-0.2, 0) is 40.0 Å². The predicted octanol–water partition coefficient (Wildman–Crippen LogP) is 5.51. The maximum absolute atomic E-state index is 15.0. The second kappa shape index (κ2) is 21.1. The molecular weight excluding hydrogens is 935 g/mol. The molecule has 2 heterocycles. The Morgan fingerprint density at radius 2 is 1.66 bits per heavy atom. The molecular formula is C45H61Cl2F6N7O7. The lowest BCUT2D eigenvalue weighted by atomic mass is 9.64. The largest absolute Gasteiger partial charge is 0.403 e. The van der Waals surface area contributed by atoms with Gasteiger partial charge in [0.1, 0.15) is 41.9 Å². The predicted molar refractivity (Wildman–Crippen MR) is 235 cm³/mol. The maximum atomic E-state index is 15.0. The molecule has 1 aromatic rings. The smallest absolute Gasteiger partial charge is 0.354 e. The number of halogens is 8. The van der Waals surface area contributed by atoms with Crippen LogP contribution in [0, 0.1) is 17.3 Å². The van der Waals surface area contributed by atoms with Crippen molar-refractivity contribution in [1.82, 2.24) is 36.0 Å². The minimum Gasteiger partial charge on any atom is -0.354 e. The number of carbonyl (C=O) groups excluding carboxylic acids is 7. The summed E-state index contributed by atoms with van der Waals surface area (Å²) in [6.07, 6.45) is -10.2. The van der Waals surface area contributed by atoms with Gasteiger partial charge in [-0.25, -0.2) is 13.2 Å². The first-order valence-corrected chi connectivity index (χ1v) is 23.5. The van der Waals surface area contributed by atoms with E-state index in [0.29, 0.717) is 41.2 Å². The number of benzene rings is 1. The molecule has 5 rings (SSSR count). The van der Waals surface area contributed by atoms with Gasteiger partial charge in [-0.05, 0) is 94.4 Å². The van der Waals surface area contributed by atoms with Crippen molar-refractivity contribution in [3.05, 3.63) is 33.8 Å². The van der Waals surface area contributed by atoms with Crippen LogP contribution in [0.4, 0.5) is 26.3 Å². The number of nitrogens with one attached hydrogen (secondary N) is 4. The van der Waals surface area contributed by atoms with Crippen LogP contribution in [0.5, 0.6) is 0 Å². The van der Waals surface area contributed by atoms with Gasteiger partial charge in [-0.1, -0.05) is 44.0 Å². The van der Waals surface area contributed by atoms with Crippen LogP contribution < -0.4 is 21.3 Å². The molecule has 0 unspecified atom stereocenters. The van der Waals surface area contributed by atoms with E-state index in [-0.39, 0.29) is 49.7 Å². The van der Waals surface area contributed by atoms with Crippen LogP contribution >= 0.6 is 23.2 Å². The van der Waals surface area contributed by atoms with E-state index in [1.165, 1.54) is 31.9 Å². The number of carbonyl (C=O) groups is 7. The number of nitrogens with zero attached hydrogens (tertiary/aromatic N) is 3. The number of rotatable bonds is 12. The molecule has 4 N–H and O–H groups in total. The lowest BCUT2D eigenvalue weighted by Crippen LogP contribution is -2.65. The van der Waals surface area contributed by atoms with Crippen molar-refractivity contribution in [3.8, 4) is 0 Å². The van der Waals surface area contributed by atoms with Crippen LogP contribution in [0.15, 0.2) is 18.2 Å². The number of likely N-dealkylation sites (tertiary alicyclic amines) is 1. The summed E-state index contributed by atoms with van der Waals surface area (Å²) in [7, 11) is 1.38. The number of hydrogen-bond acceptors (Lipinski definition) is 7. The average molecular weight is 997 g/mol. The molecule has 7 amide bonds. The van der Waals surface area contributed by atoms with Crippen molar-refractivity contribution < 1.29 is 59.9 Å². The average Bonchev–Trinajstić information content (AvgIpc) is 3.99. The molecule has 22 heteroatoms. The van der Waals surface area contributed by atoms with Gasteiger partial charge in [0.15, 0.2) is 5.41 Å². The highest BCUT2D eigenvalue weighted by atomic mass is 35.5.